The van der Waals surface area contributed by atoms with Gasteiger partial charge >= 0.3 is 0 Å². The Morgan fingerprint density at radius 1 is 1.00 bits per heavy atom. The van der Waals surface area contributed by atoms with Crippen LogP contribution in [0.4, 0.5) is 5.69 Å². The van der Waals surface area contributed by atoms with Crippen LogP contribution in [-0.4, -0.2) is 41.3 Å². The van der Waals surface area contributed by atoms with Gasteiger partial charge in [0.05, 0.1) is 13.1 Å². The number of Topliss-reactive ketones (excluding diaryl/α,β-unsaturated/α-hetero) is 1. The fourth-order valence-corrected chi connectivity index (χ4v) is 3.33. The Bertz CT molecular complexity index is 826. The number of nitrogens with one attached hydrogen (secondary N) is 1. The molecule has 0 atom stereocenters. The molecule has 1 aromatic carbocycles. The third-order valence-corrected chi connectivity index (χ3v) is 4.84. The van der Waals surface area contributed by atoms with Crippen molar-refractivity contribution in [2.45, 2.75) is 34.6 Å². The number of hydrogen-bond acceptors (Lipinski definition) is 3. The van der Waals surface area contributed by atoms with E-state index in [1.807, 2.05) is 52.3 Å². The summed E-state index contributed by atoms with van der Waals surface area (Å²) in [6, 6.07) is 6.01. The molecule has 0 radical (unpaired) electrons. The molecule has 1 amide bonds. The average molecular weight is 355 g/mol. The first-order valence-corrected chi connectivity index (χ1v) is 8.82. The molecule has 1 heterocycles. The number of hydrogen-bond donors (Lipinski definition) is 1. The Labute approximate surface area is 156 Å². The van der Waals surface area contributed by atoms with Crippen LogP contribution in [0.2, 0.25) is 0 Å². The predicted molar refractivity (Wildman–Crippen MR) is 106 cm³/mol. The lowest BCUT2D eigenvalue weighted by molar-refractivity contribution is -0.116. The second-order valence-corrected chi connectivity index (χ2v) is 7.26. The molecule has 1 N–H and O–H groups in total. The zero-order valence-corrected chi connectivity index (χ0v) is 16.9. The number of nitrogens with zero attached hydrogens (tertiary/aromatic N) is 2. The molecule has 26 heavy (non-hydrogen) atoms. The summed E-state index contributed by atoms with van der Waals surface area (Å²) >= 11 is 0. The van der Waals surface area contributed by atoms with Crippen LogP contribution in [0.25, 0.3) is 0 Å². The van der Waals surface area contributed by atoms with E-state index in [2.05, 4.69) is 17.4 Å². The minimum absolute atomic E-state index is 0.0317. The lowest BCUT2D eigenvalue weighted by atomic mass is 10.1. The Morgan fingerprint density at radius 2 is 1.58 bits per heavy atom. The zero-order valence-electron chi connectivity index (χ0n) is 16.9. The van der Waals surface area contributed by atoms with E-state index >= 15 is 0 Å². The highest BCUT2D eigenvalue weighted by Crippen LogP contribution is 2.21. The van der Waals surface area contributed by atoms with Crippen molar-refractivity contribution in [2.24, 2.45) is 7.05 Å². The number of aromatic nitrogens is 1. The van der Waals surface area contributed by atoms with Crippen LogP contribution >= 0.6 is 0 Å². The standard InChI is InChI=1S/C21H29N3O2/c1-13-8-14(2)21(15(3)9-13)22-20(26)12-23(6)11-19(25)18-10-16(4)24(7)17(18)5/h8-10H,11-12H2,1-7H3,(H,22,26). The van der Waals surface area contributed by atoms with Gasteiger partial charge in [-0.1, -0.05) is 17.7 Å². The molecule has 0 aliphatic carbocycles. The Hall–Kier alpha value is -2.40. The summed E-state index contributed by atoms with van der Waals surface area (Å²) in [6.45, 7) is 10.3. The van der Waals surface area contributed by atoms with Gasteiger partial charge < -0.3 is 9.88 Å². The topological polar surface area (TPSA) is 54.3 Å². The van der Waals surface area contributed by atoms with Gasteiger partial charge in [-0.15, -0.1) is 0 Å². The van der Waals surface area contributed by atoms with Crippen LogP contribution in [0.5, 0.6) is 0 Å². The largest absolute Gasteiger partial charge is 0.351 e. The quantitative estimate of drug-likeness (QED) is 0.809. The molecule has 0 unspecified atom stereocenters. The molecule has 5 nitrogen and oxygen atoms in total. The van der Waals surface area contributed by atoms with Gasteiger partial charge in [0.25, 0.3) is 0 Å². The first-order valence-electron chi connectivity index (χ1n) is 8.82. The summed E-state index contributed by atoms with van der Waals surface area (Å²) in [6.07, 6.45) is 0. The molecule has 0 fully saturated rings. The van der Waals surface area contributed by atoms with Gasteiger partial charge in [-0.2, -0.15) is 0 Å². The molecule has 0 saturated heterocycles. The van der Waals surface area contributed by atoms with Crippen LogP contribution in [-0.2, 0) is 11.8 Å². The third kappa shape index (κ3) is 4.41. The summed E-state index contributed by atoms with van der Waals surface area (Å²) in [5, 5.41) is 2.98. The highest BCUT2D eigenvalue weighted by Gasteiger charge is 2.17. The number of aryl methyl sites for hydroxylation is 4. The third-order valence-electron chi connectivity index (χ3n) is 4.84. The molecular formula is C21H29N3O2. The molecule has 0 spiro atoms. The minimum Gasteiger partial charge on any atom is -0.351 e. The molecule has 5 heteroatoms. The Kier molecular flexibility index (Phi) is 6.03. The van der Waals surface area contributed by atoms with Gasteiger partial charge in [-0.3, -0.25) is 14.5 Å². The first-order chi connectivity index (χ1) is 12.1. The Balaban J connectivity index is 1.99. The van der Waals surface area contributed by atoms with Crippen LogP contribution in [0.1, 0.15) is 38.4 Å². The number of carbonyl (C=O) groups is 2. The molecule has 0 aliphatic heterocycles. The number of anilines is 1. The second kappa shape index (κ2) is 7.87. The van der Waals surface area contributed by atoms with Crippen molar-refractivity contribution in [3.8, 4) is 0 Å². The van der Waals surface area contributed by atoms with Crippen LogP contribution in [0, 0.1) is 34.6 Å². The summed E-state index contributed by atoms with van der Waals surface area (Å²) < 4.78 is 2.00. The van der Waals surface area contributed by atoms with Gasteiger partial charge in [0, 0.05) is 29.7 Å². The number of rotatable bonds is 6. The normalized spacial score (nSPS) is 11.1. The van der Waals surface area contributed by atoms with Crippen molar-refractivity contribution in [2.75, 3.05) is 25.5 Å². The van der Waals surface area contributed by atoms with Gasteiger partial charge in [0.1, 0.15) is 0 Å². The predicted octanol–water partition coefficient (Wildman–Crippen LogP) is 3.32. The van der Waals surface area contributed by atoms with Crippen molar-refractivity contribution in [1.29, 1.82) is 0 Å². The van der Waals surface area contributed by atoms with Gasteiger partial charge in [0.15, 0.2) is 5.78 Å². The van der Waals surface area contributed by atoms with Crippen molar-refractivity contribution in [3.63, 3.8) is 0 Å². The van der Waals surface area contributed by atoms with E-state index in [9.17, 15) is 9.59 Å². The van der Waals surface area contributed by atoms with Crippen molar-refractivity contribution >= 4 is 17.4 Å². The van der Waals surface area contributed by atoms with Crippen molar-refractivity contribution < 1.29 is 9.59 Å². The summed E-state index contributed by atoms with van der Waals surface area (Å²) in [7, 11) is 3.74. The zero-order chi connectivity index (χ0) is 19.6. The summed E-state index contributed by atoms with van der Waals surface area (Å²) in [5.41, 5.74) is 6.86. The average Bonchev–Trinajstić information content (AvgIpc) is 2.78. The lowest BCUT2D eigenvalue weighted by Gasteiger charge is -2.17. The second-order valence-electron chi connectivity index (χ2n) is 7.26. The number of likely N-dealkylation sites (N-methyl/N-ethyl adjacent to an activating group) is 1. The molecular weight excluding hydrogens is 326 g/mol. The maximum absolute atomic E-state index is 12.5. The van der Waals surface area contributed by atoms with E-state index in [1.165, 1.54) is 5.56 Å². The van der Waals surface area contributed by atoms with E-state index in [1.54, 1.807) is 11.9 Å². The fourth-order valence-electron chi connectivity index (χ4n) is 3.33. The molecule has 140 valence electrons. The highest BCUT2D eigenvalue weighted by molar-refractivity contribution is 5.99. The minimum atomic E-state index is -0.115. The lowest BCUT2D eigenvalue weighted by Crippen LogP contribution is -2.34. The number of amides is 1. The van der Waals surface area contributed by atoms with Crippen LogP contribution in [0.15, 0.2) is 18.2 Å². The molecule has 0 bridgehead atoms. The number of carbonyl (C=O) groups excluding carboxylic acids is 2. The molecule has 0 aliphatic rings. The van der Waals surface area contributed by atoms with Crippen LogP contribution in [0.3, 0.4) is 0 Å². The summed E-state index contributed by atoms with van der Waals surface area (Å²) in [5.74, 6) is -0.0829. The molecule has 2 rings (SSSR count). The maximum atomic E-state index is 12.5. The van der Waals surface area contributed by atoms with E-state index in [-0.39, 0.29) is 24.8 Å². The van der Waals surface area contributed by atoms with Gasteiger partial charge in [-0.05, 0) is 58.9 Å². The molecule has 0 saturated carbocycles. The fraction of sp³-hybridized carbons (Fsp3) is 0.429. The van der Waals surface area contributed by atoms with E-state index in [0.717, 1.165) is 33.8 Å². The SMILES string of the molecule is Cc1cc(C)c(NC(=O)CN(C)CC(=O)c2cc(C)n(C)c2C)c(C)c1. The van der Waals surface area contributed by atoms with Crippen LogP contribution < -0.4 is 5.32 Å². The van der Waals surface area contributed by atoms with E-state index in [0.29, 0.717) is 0 Å². The van der Waals surface area contributed by atoms with Gasteiger partial charge in [-0.25, -0.2) is 0 Å². The highest BCUT2D eigenvalue weighted by atomic mass is 16.2. The van der Waals surface area contributed by atoms with E-state index < -0.39 is 0 Å². The van der Waals surface area contributed by atoms with Gasteiger partial charge in [0.2, 0.25) is 5.91 Å². The van der Waals surface area contributed by atoms with E-state index in [4.69, 9.17) is 0 Å². The first kappa shape index (κ1) is 19.9. The maximum Gasteiger partial charge on any atom is 0.238 e. The Morgan fingerprint density at radius 3 is 2.08 bits per heavy atom. The van der Waals surface area contributed by atoms with Crippen molar-refractivity contribution in [1.82, 2.24) is 9.47 Å². The summed E-state index contributed by atoms with van der Waals surface area (Å²) in [4.78, 5) is 26.7. The van der Waals surface area contributed by atoms with Crippen molar-refractivity contribution in [3.05, 3.63) is 51.8 Å². The molecule has 2 aromatic rings. The monoisotopic (exact) mass is 355 g/mol. The molecule has 1 aromatic heterocycles. The smallest absolute Gasteiger partial charge is 0.238 e. The number of ketones is 1. The number of benzene rings is 1.